The molecule has 2 aromatic carbocycles. The number of hydrogen-bond acceptors (Lipinski definition) is 7. The van der Waals surface area contributed by atoms with Crippen LogP contribution in [0.25, 0.3) is 44.6 Å². The van der Waals surface area contributed by atoms with Crippen molar-refractivity contribution in [2.45, 2.75) is 13.5 Å². The molecular weight excluding hydrogens is 384 g/mol. The average Bonchev–Trinajstić information content (AvgIpc) is 3.35. The Bertz CT molecular complexity index is 1430. The fourth-order valence-electron chi connectivity index (χ4n) is 3.77. The van der Waals surface area contributed by atoms with E-state index in [0.717, 1.165) is 16.3 Å². The second-order valence-corrected chi connectivity index (χ2v) is 6.73. The number of aryl methyl sites for hydroxylation is 1. The third-order valence-electron chi connectivity index (χ3n) is 5.09. The maximum absolute atomic E-state index is 12.0. The normalized spacial score (nSPS) is 11.4. The molecule has 0 saturated heterocycles. The smallest absolute Gasteiger partial charge is 0.339 e. The molecule has 0 aliphatic heterocycles. The van der Waals surface area contributed by atoms with Gasteiger partial charge in [-0.3, -0.25) is 4.98 Å². The van der Waals surface area contributed by atoms with Crippen molar-refractivity contribution < 1.29 is 14.5 Å². The number of rotatable bonds is 4. The Morgan fingerprint density at radius 1 is 1.13 bits per heavy atom. The summed E-state index contributed by atoms with van der Waals surface area (Å²) >= 11 is 0. The van der Waals surface area contributed by atoms with Crippen LogP contribution in [-0.2, 0) is 6.54 Å². The molecule has 3 N–H and O–H groups in total. The quantitative estimate of drug-likeness (QED) is 0.467. The lowest BCUT2D eigenvalue weighted by atomic mass is 10.0. The van der Waals surface area contributed by atoms with Gasteiger partial charge in [0, 0.05) is 18.3 Å². The molecule has 0 amide bonds. The third kappa shape index (κ3) is 2.52. The van der Waals surface area contributed by atoms with Crippen molar-refractivity contribution in [2.24, 2.45) is 0 Å². The lowest BCUT2D eigenvalue weighted by molar-refractivity contribution is 0.0698. The molecule has 148 valence electrons. The lowest BCUT2D eigenvalue weighted by Crippen LogP contribution is -2.05. The molecule has 0 saturated carbocycles. The number of carboxylic acids is 1. The van der Waals surface area contributed by atoms with E-state index in [2.05, 4.69) is 15.3 Å². The number of aromatic nitrogens is 5. The van der Waals surface area contributed by atoms with Crippen LogP contribution in [0, 0.1) is 0 Å². The minimum atomic E-state index is -1.09. The highest BCUT2D eigenvalue weighted by atomic mass is 16.6. The maximum Gasteiger partial charge on any atom is 0.339 e. The number of carboxylic acid groups (broad SMARTS) is 1. The highest BCUT2D eigenvalue weighted by Gasteiger charge is 2.25. The third-order valence-corrected chi connectivity index (χ3v) is 5.09. The van der Waals surface area contributed by atoms with Crippen LogP contribution in [0.4, 0.5) is 5.82 Å². The highest BCUT2D eigenvalue weighted by Crippen LogP contribution is 2.36. The monoisotopic (exact) mass is 400 g/mol. The first kappa shape index (κ1) is 17.8. The van der Waals surface area contributed by atoms with E-state index in [9.17, 15) is 9.90 Å². The van der Waals surface area contributed by atoms with Crippen molar-refractivity contribution in [3.05, 3.63) is 54.2 Å². The number of nitrogen functional groups attached to an aromatic ring is 1. The van der Waals surface area contributed by atoms with Crippen LogP contribution in [-0.4, -0.2) is 35.9 Å². The topological polar surface area (TPSA) is 133 Å². The predicted molar refractivity (Wildman–Crippen MR) is 111 cm³/mol. The number of aromatic carboxylic acids is 1. The fraction of sp³-hybridized carbons (Fsp3) is 0.0952. The molecule has 0 atom stereocenters. The largest absolute Gasteiger partial charge is 0.478 e. The second kappa shape index (κ2) is 6.66. The Labute approximate surface area is 169 Å². The molecule has 0 aliphatic carbocycles. The average molecular weight is 400 g/mol. The van der Waals surface area contributed by atoms with E-state index in [1.54, 1.807) is 4.57 Å². The molecule has 9 heteroatoms. The van der Waals surface area contributed by atoms with Gasteiger partial charge in [0.15, 0.2) is 17.3 Å². The number of hydrogen-bond donors (Lipinski definition) is 2. The summed E-state index contributed by atoms with van der Waals surface area (Å²) in [5, 5.41) is 19.3. The summed E-state index contributed by atoms with van der Waals surface area (Å²) in [6.07, 6.45) is 1.36. The minimum Gasteiger partial charge on any atom is -0.478 e. The van der Waals surface area contributed by atoms with E-state index in [4.69, 9.17) is 15.3 Å². The van der Waals surface area contributed by atoms with Gasteiger partial charge in [0.1, 0.15) is 11.1 Å². The fourth-order valence-corrected chi connectivity index (χ4v) is 3.77. The summed E-state index contributed by atoms with van der Waals surface area (Å²) in [7, 11) is 0. The first-order valence-corrected chi connectivity index (χ1v) is 9.29. The zero-order valence-electron chi connectivity index (χ0n) is 15.9. The number of pyridine rings is 1. The summed E-state index contributed by atoms with van der Waals surface area (Å²) in [5.41, 5.74) is 8.52. The molecule has 0 fully saturated rings. The Hall–Kier alpha value is -4.27. The summed E-state index contributed by atoms with van der Waals surface area (Å²) in [5.74, 6) is -0.635. The van der Waals surface area contributed by atoms with Crippen molar-refractivity contribution in [3.63, 3.8) is 0 Å². The van der Waals surface area contributed by atoms with E-state index < -0.39 is 5.97 Å². The van der Waals surface area contributed by atoms with Crippen molar-refractivity contribution in [1.82, 2.24) is 24.8 Å². The van der Waals surface area contributed by atoms with Crippen LogP contribution < -0.4 is 5.73 Å². The predicted octanol–water partition coefficient (Wildman–Crippen LogP) is 3.60. The first-order valence-electron chi connectivity index (χ1n) is 9.29. The molecule has 0 bridgehead atoms. The van der Waals surface area contributed by atoms with Gasteiger partial charge in [-0.15, -0.1) is 0 Å². The molecule has 0 aliphatic rings. The number of nitrogens with two attached hydrogens (primary N) is 1. The SMILES string of the molecule is CCn1c(-c2nonc2N)nc2c(-c3cccc4ccccc34)ncc(C(=O)O)c21. The van der Waals surface area contributed by atoms with Crippen LogP contribution >= 0.6 is 0 Å². The van der Waals surface area contributed by atoms with Crippen molar-refractivity contribution in [2.75, 3.05) is 5.73 Å². The molecule has 5 rings (SSSR count). The van der Waals surface area contributed by atoms with Crippen LogP contribution in [0.3, 0.4) is 0 Å². The molecule has 3 heterocycles. The van der Waals surface area contributed by atoms with Crippen LogP contribution in [0.15, 0.2) is 53.3 Å². The van der Waals surface area contributed by atoms with Gasteiger partial charge in [-0.05, 0) is 28.0 Å². The number of carbonyl (C=O) groups is 1. The lowest BCUT2D eigenvalue weighted by Gasteiger charge is -2.09. The molecule has 30 heavy (non-hydrogen) atoms. The minimum absolute atomic E-state index is 0.0459. The zero-order valence-corrected chi connectivity index (χ0v) is 15.9. The molecule has 0 spiro atoms. The number of nitrogens with zero attached hydrogens (tertiary/aromatic N) is 5. The van der Waals surface area contributed by atoms with Crippen molar-refractivity contribution >= 4 is 33.6 Å². The van der Waals surface area contributed by atoms with Crippen LogP contribution in [0.5, 0.6) is 0 Å². The van der Waals surface area contributed by atoms with E-state index in [0.29, 0.717) is 29.1 Å². The van der Waals surface area contributed by atoms with Gasteiger partial charge < -0.3 is 15.4 Å². The Morgan fingerprint density at radius 3 is 2.67 bits per heavy atom. The summed E-state index contributed by atoms with van der Waals surface area (Å²) in [6, 6.07) is 13.8. The molecule has 9 nitrogen and oxygen atoms in total. The molecule has 0 unspecified atom stereocenters. The van der Waals surface area contributed by atoms with Gasteiger partial charge >= 0.3 is 5.97 Å². The second-order valence-electron chi connectivity index (χ2n) is 6.73. The first-order chi connectivity index (χ1) is 14.6. The standard InChI is InChI=1S/C21H16N6O3/c1-2-27-18-14(21(28)29)10-23-15(13-9-5-7-11-6-3-4-8-12(11)13)16(18)24-20(27)17-19(22)26-30-25-17/h3-10H,2H2,1H3,(H2,22,26)(H,28,29). The zero-order chi connectivity index (χ0) is 20.8. The number of anilines is 1. The summed E-state index contributed by atoms with van der Waals surface area (Å²) < 4.78 is 6.48. The van der Waals surface area contributed by atoms with Gasteiger partial charge in [-0.25, -0.2) is 14.4 Å². The molecule has 5 aromatic rings. The Balaban J connectivity index is 1.91. The van der Waals surface area contributed by atoms with Crippen LogP contribution in [0.1, 0.15) is 17.3 Å². The van der Waals surface area contributed by atoms with Crippen LogP contribution in [0.2, 0.25) is 0 Å². The molecular formula is C21H16N6O3. The van der Waals surface area contributed by atoms with Gasteiger partial charge in [0.05, 0.1) is 11.2 Å². The summed E-state index contributed by atoms with van der Waals surface area (Å²) in [4.78, 5) is 21.2. The van der Waals surface area contributed by atoms with Gasteiger partial charge in [-0.2, -0.15) is 0 Å². The highest BCUT2D eigenvalue weighted by molar-refractivity contribution is 6.08. The van der Waals surface area contributed by atoms with E-state index in [1.807, 2.05) is 49.4 Å². The number of benzene rings is 2. The van der Waals surface area contributed by atoms with Crippen molar-refractivity contribution in [3.8, 4) is 22.8 Å². The molecule has 0 radical (unpaired) electrons. The van der Waals surface area contributed by atoms with Crippen molar-refractivity contribution in [1.29, 1.82) is 0 Å². The Morgan fingerprint density at radius 2 is 1.93 bits per heavy atom. The van der Waals surface area contributed by atoms with E-state index in [-0.39, 0.29) is 17.1 Å². The maximum atomic E-state index is 12.0. The van der Waals surface area contributed by atoms with E-state index in [1.165, 1.54) is 6.20 Å². The van der Waals surface area contributed by atoms with Gasteiger partial charge in [0.2, 0.25) is 0 Å². The molecule has 3 aromatic heterocycles. The van der Waals surface area contributed by atoms with Gasteiger partial charge in [0.25, 0.3) is 0 Å². The summed E-state index contributed by atoms with van der Waals surface area (Å²) in [6.45, 7) is 2.33. The number of imidazole rings is 1. The van der Waals surface area contributed by atoms with Gasteiger partial charge in [-0.1, -0.05) is 42.5 Å². The Kier molecular flexibility index (Phi) is 3.95. The van der Waals surface area contributed by atoms with E-state index >= 15 is 0 Å². The number of fused-ring (bicyclic) bond motifs is 2.